The molecule has 17 heavy (non-hydrogen) atoms. The molecule has 90 valence electrons. The van der Waals surface area contributed by atoms with E-state index in [1.807, 2.05) is 0 Å². The lowest BCUT2D eigenvalue weighted by molar-refractivity contribution is 0.0959. The number of carbonyl (C=O) groups is 1. The smallest absolute Gasteiger partial charge is 0.267 e. The maximum Gasteiger partial charge on any atom is 0.267 e. The third kappa shape index (κ3) is 1.98. The zero-order valence-electron chi connectivity index (χ0n) is 8.85. The summed E-state index contributed by atoms with van der Waals surface area (Å²) >= 11 is 0. The van der Waals surface area contributed by atoms with Crippen LogP contribution in [-0.2, 0) is 0 Å². The van der Waals surface area contributed by atoms with Crippen LogP contribution >= 0.6 is 0 Å². The number of H-pyrrole nitrogens is 1. The molecule has 0 spiro atoms. The number of amides is 1. The van der Waals surface area contributed by atoms with Gasteiger partial charge in [-0.2, -0.15) is 0 Å². The molecule has 0 aliphatic carbocycles. The van der Waals surface area contributed by atoms with Crippen molar-refractivity contribution in [3.05, 3.63) is 35.3 Å². The molecule has 1 amide bonds. The van der Waals surface area contributed by atoms with Crippen LogP contribution in [0.3, 0.4) is 0 Å². The van der Waals surface area contributed by atoms with Crippen molar-refractivity contribution in [2.75, 3.05) is 7.05 Å². The standard InChI is InChI=1S/C11H9F3N2O/c1-15-11(17)9-3-5-2-7(12)6(10(13)14)4-8(5)16-9/h2-4,10,16H,1H3,(H,15,17). The van der Waals surface area contributed by atoms with E-state index in [1.165, 1.54) is 13.1 Å². The number of aromatic nitrogens is 1. The zero-order chi connectivity index (χ0) is 12.6. The molecular formula is C11H9F3N2O. The first-order valence-electron chi connectivity index (χ1n) is 4.85. The average molecular weight is 242 g/mol. The van der Waals surface area contributed by atoms with Gasteiger partial charge in [0.15, 0.2) is 0 Å². The highest BCUT2D eigenvalue weighted by Crippen LogP contribution is 2.27. The lowest BCUT2D eigenvalue weighted by Crippen LogP contribution is -2.17. The van der Waals surface area contributed by atoms with Crippen LogP contribution in [0.5, 0.6) is 0 Å². The van der Waals surface area contributed by atoms with E-state index in [4.69, 9.17) is 0 Å². The Morgan fingerprint density at radius 2 is 2.06 bits per heavy atom. The number of hydrogen-bond donors (Lipinski definition) is 2. The molecule has 3 nitrogen and oxygen atoms in total. The molecule has 2 rings (SSSR count). The van der Waals surface area contributed by atoms with Crippen molar-refractivity contribution in [3.63, 3.8) is 0 Å². The number of benzene rings is 1. The molecule has 0 bridgehead atoms. The Bertz CT molecular complexity index is 577. The van der Waals surface area contributed by atoms with Crippen LogP contribution < -0.4 is 5.32 Å². The molecule has 1 aromatic heterocycles. The summed E-state index contributed by atoms with van der Waals surface area (Å²) in [5.41, 5.74) is -0.170. The molecule has 2 N–H and O–H groups in total. The van der Waals surface area contributed by atoms with Crippen LogP contribution in [0.1, 0.15) is 22.5 Å². The normalized spacial score (nSPS) is 11.1. The highest BCUT2D eigenvalue weighted by atomic mass is 19.3. The minimum absolute atomic E-state index is 0.202. The Balaban J connectivity index is 2.58. The van der Waals surface area contributed by atoms with Crippen LogP contribution in [0, 0.1) is 5.82 Å². The SMILES string of the molecule is CNC(=O)c1cc2cc(F)c(C(F)F)cc2[nH]1. The Hall–Kier alpha value is -1.98. The number of hydrogen-bond acceptors (Lipinski definition) is 1. The molecule has 0 radical (unpaired) electrons. The van der Waals surface area contributed by atoms with Gasteiger partial charge in [0, 0.05) is 18.0 Å². The van der Waals surface area contributed by atoms with E-state index in [2.05, 4.69) is 10.3 Å². The quantitative estimate of drug-likeness (QED) is 0.835. The van der Waals surface area contributed by atoms with Crippen molar-refractivity contribution in [1.82, 2.24) is 10.3 Å². The Morgan fingerprint density at radius 3 is 2.65 bits per heavy atom. The van der Waals surface area contributed by atoms with Crippen molar-refractivity contribution in [2.45, 2.75) is 6.43 Å². The number of alkyl halides is 2. The van der Waals surface area contributed by atoms with Crippen molar-refractivity contribution in [3.8, 4) is 0 Å². The fourth-order valence-electron chi connectivity index (χ4n) is 1.59. The predicted molar refractivity (Wildman–Crippen MR) is 56.6 cm³/mol. The molecule has 0 aliphatic heterocycles. The van der Waals surface area contributed by atoms with Crippen LogP contribution in [0.15, 0.2) is 18.2 Å². The second kappa shape index (κ2) is 4.12. The average Bonchev–Trinajstić information content (AvgIpc) is 2.69. The summed E-state index contributed by atoms with van der Waals surface area (Å²) in [5.74, 6) is -1.37. The van der Waals surface area contributed by atoms with Gasteiger partial charge in [-0.25, -0.2) is 13.2 Å². The lowest BCUT2D eigenvalue weighted by Gasteiger charge is -2.01. The summed E-state index contributed by atoms with van der Waals surface area (Å²) in [6, 6.07) is 3.41. The summed E-state index contributed by atoms with van der Waals surface area (Å²) in [6.45, 7) is 0. The summed E-state index contributed by atoms with van der Waals surface area (Å²) in [7, 11) is 1.44. The fraction of sp³-hybridized carbons (Fsp3) is 0.182. The topological polar surface area (TPSA) is 44.9 Å². The Morgan fingerprint density at radius 1 is 1.35 bits per heavy atom. The summed E-state index contributed by atoms with van der Waals surface area (Å²) in [5, 5.41) is 2.76. The number of aromatic amines is 1. The molecule has 0 atom stereocenters. The molecule has 0 saturated carbocycles. The monoisotopic (exact) mass is 242 g/mol. The second-order valence-electron chi connectivity index (χ2n) is 3.52. The van der Waals surface area contributed by atoms with Gasteiger partial charge in [0.05, 0.1) is 5.56 Å². The molecule has 2 aromatic rings. The molecule has 0 aliphatic rings. The van der Waals surface area contributed by atoms with Crippen molar-refractivity contribution >= 4 is 16.8 Å². The number of fused-ring (bicyclic) bond motifs is 1. The zero-order valence-corrected chi connectivity index (χ0v) is 8.85. The molecule has 0 unspecified atom stereocenters. The second-order valence-corrected chi connectivity index (χ2v) is 3.52. The van der Waals surface area contributed by atoms with Gasteiger partial charge in [-0.05, 0) is 18.2 Å². The maximum absolute atomic E-state index is 13.3. The van der Waals surface area contributed by atoms with E-state index in [1.54, 1.807) is 0 Å². The van der Waals surface area contributed by atoms with Gasteiger partial charge in [-0.1, -0.05) is 0 Å². The van der Waals surface area contributed by atoms with Gasteiger partial charge in [0.25, 0.3) is 12.3 Å². The van der Waals surface area contributed by atoms with E-state index in [9.17, 15) is 18.0 Å². The van der Waals surface area contributed by atoms with Gasteiger partial charge in [0.2, 0.25) is 0 Å². The molecule has 1 aromatic carbocycles. The van der Waals surface area contributed by atoms with E-state index in [0.29, 0.717) is 10.9 Å². The first-order chi connectivity index (χ1) is 8.02. The van der Waals surface area contributed by atoms with Crippen LogP contribution in [-0.4, -0.2) is 17.9 Å². The van der Waals surface area contributed by atoms with Gasteiger partial charge in [-0.3, -0.25) is 4.79 Å². The van der Waals surface area contributed by atoms with Gasteiger partial charge >= 0.3 is 0 Å². The highest BCUT2D eigenvalue weighted by molar-refractivity contribution is 5.98. The van der Waals surface area contributed by atoms with E-state index in [-0.39, 0.29) is 11.6 Å². The molecule has 6 heteroatoms. The largest absolute Gasteiger partial charge is 0.354 e. The van der Waals surface area contributed by atoms with E-state index < -0.39 is 17.8 Å². The van der Waals surface area contributed by atoms with Crippen molar-refractivity contribution in [2.24, 2.45) is 0 Å². The third-order valence-corrected chi connectivity index (χ3v) is 2.44. The Labute approximate surface area is 94.6 Å². The van der Waals surface area contributed by atoms with Crippen LogP contribution in [0.2, 0.25) is 0 Å². The molecular weight excluding hydrogens is 233 g/mol. The van der Waals surface area contributed by atoms with Crippen molar-refractivity contribution in [1.29, 1.82) is 0 Å². The van der Waals surface area contributed by atoms with Gasteiger partial charge < -0.3 is 10.3 Å². The van der Waals surface area contributed by atoms with Crippen LogP contribution in [0.4, 0.5) is 13.2 Å². The molecule has 1 heterocycles. The van der Waals surface area contributed by atoms with Crippen LogP contribution in [0.25, 0.3) is 10.9 Å². The number of rotatable bonds is 2. The lowest BCUT2D eigenvalue weighted by atomic mass is 10.1. The highest BCUT2D eigenvalue weighted by Gasteiger charge is 2.16. The third-order valence-electron chi connectivity index (χ3n) is 2.44. The predicted octanol–water partition coefficient (Wildman–Crippen LogP) is 2.60. The van der Waals surface area contributed by atoms with Gasteiger partial charge in [-0.15, -0.1) is 0 Å². The number of carbonyl (C=O) groups excluding carboxylic acids is 1. The summed E-state index contributed by atoms with van der Waals surface area (Å²) in [6.07, 6.45) is -2.88. The molecule has 0 fully saturated rings. The number of halogens is 3. The first-order valence-corrected chi connectivity index (χ1v) is 4.85. The first kappa shape index (κ1) is 11.5. The van der Waals surface area contributed by atoms with E-state index in [0.717, 1.165) is 12.1 Å². The minimum atomic E-state index is -2.88. The fourth-order valence-corrected chi connectivity index (χ4v) is 1.59. The summed E-state index contributed by atoms with van der Waals surface area (Å²) in [4.78, 5) is 14.0. The summed E-state index contributed by atoms with van der Waals surface area (Å²) < 4.78 is 38.2. The minimum Gasteiger partial charge on any atom is -0.354 e. The molecule has 0 saturated heterocycles. The maximum atomic E-state index is 13.3. The Kier molecular flexibility index (Phi) is 2.79. The van der Waals surface area contributed by atoms with Crippen molar-refractivity contribution < 1.29 is 18.0 Å². The van der Waals surface area contributed by atoms with E-state index >= 15 is 0 Å². The number of nitrogens with one attached hydrogen (secondary N) is 2. The van der Waals surface area contributed by atoms with Gasteiger partial charge in [0.1, 0.15) is 11.5 Å².